The molecule has 0 aliphatic carbocycles. The highest BCUT2D eigenvalue weighted by Crippen LogP contribution is 2.35. The highest BCUT2D eigenvalue weighted by atomic mass is 35.5. The molecule has 10 heteroatoms. The minimum atomic E-state index is -0.517. The van der Waals surface area contributed by atoms with Crippen LogP contribution < -0.4 is 0 Å². The van der Waals surface area contributed by atoms with Gasteiger partial charge in [-0.25, -0.2) is 4.39 Å². The molecule has 0 N–H and O–H groups in total. The van der Waals surface area contributed by atoms with Gasteiger partial charge in [0.25, 0.3) is 5.91 Å². The van der Waals surface area contributed by atoms with Crippen LogP contribution >= 0.6 is 11.6 Å². The van der Waals surface area contributed by atoms with E-state index < -0.39 is 11.9 Å². The first-order valence-electron chi connectivity index (χ1n) is 10.1. The Balaban J connectivity index is 1.48. The van der Waals surface area contributed by atoms with Gasteiger partial charge in [0, 0.05) is 17.1 Å². The second-order valence-corrected chi connectivity index (χ2v) is 7.91. The summed E-state index contributed by atoms with van der Waals surface area (Å²) in [4.78, 5) is 20.9. The number of carbonyl (C=O) groups is 1. The van der Waals surface area contributed by atoms with Crippen LogP contribution in [0.3, 0.4) is 0 Å². The molecule has 32 heavy (non-hydrogen) atoms. The Morgan fingerprint density at radius 3 is 2.84 bits per heavy atom. The topological polar surface area (TPSA) is 89.9 Å². The molecule has 4 aromatic rings. The molecule has 3 heterocycles. The molecule has 5 rings (SSSR count). The van der Waals surface area contributed by atoms with E-state index >= 15 is 0 Å². The first-order valence-corrected chi connectivity index (χ1v) is 10.5. The van der Waals surface area contributed by atoms with Crippen LogP contribution in [0.25, 0.3) is 17.1 Å². The number of amides is 1. The van der Waals surface area contributed by atoms with Gasteiger partial charge in [0.15, 0.2) is 0 Å². The van der Waals surface area contributed by atoms with E-state index in [0.717, 1.165) is 17.5 Å². The Labute approximate surface area is 187 Å². The Bertz CT molecular complexity index is 1290. The first-order chi connectivity index (χ1) is 15.5. The maximum Gasteiger partial charge on any atom is 0.256 e. The summed E-state index contributed by atoms with van der Waals surface area (Å²) in [5.41, 5.74) is 2.17. The van der Waals surface area contributed by atoms with Gasteiger partial charge in [0.1, 0.15) is 11.9 Å². The summed E-state index contributed by atoms with van der Waals surface area (Å²) in [5, 5.41) is 12.9. The predicted molar refractivity (Wildman–Crippen MR) is 114 cm³/mol. The van der Waals surface area contributed by atoms with Gasteiger partial charge >= 0.3 is 0 Å². The van der Waals surface area contributed by atoms with Crippen LogP contribution in [0.2, 0.25) is 5.02 Å². The molecule has 0 spiro atoms. The summed E-state index contributed by atoms with van der Waals surface area (Å²) in [6, 6.07) is 9.03. The van der Waals surface area contributed by atoms with Crippen LogP contribution in [0, 0.1) is 12.7 Å². The van der Waals surface area contributed by atoms with Crippen LogP contribution in [0.15, 0.2) is 53.3 Å². The second kappa shape index (κ2) is 8.16. The molecule has 162 valence electrons. The molecule has 0 saturated carbocycles. The molecule has 1 aliphatic rings. The minimum absolute atomic E-state index is 0.165. The molecule has 8 nitrogen and oxygen atoms in total. The van der Waals surface area contributed by atoms with Gasteiger partial charge in [-0.1, -0.05) is 28.9 Å². The number of hydrogen-bond donors (Lipinski definition) is 0. The fourth-order valence-corrected chi connectivity index (χ4v) is 4.12. The highest BCUT2D eigenvalue weighted by molar-refractivity contribution is 6.31. The number of hydrogen-bond acceptors (Lipinski definition) is 6. The van der Waals surface area contributed by atoms with Crippen molar-refractivity contribution in [3.8, 4) is 17.1 Å². The molecule has 0 bridgehead atoms. The van der Waals surface area contributed by atoms with Gasteiger partial charge in [0.05, 0.1) is 23.6 Å². The third kappa shape index (κ3) is 3.54. The van der Waals surface area contributed by atoms with E-state index in [4.69, 9.17) is 16.1 Å². The van der Waals surface area contributed by atoms with E-state index in [2.05, 4.69) is 20.3 Å². The van der Waals surface area contributed by atoms with Gasteiger partial charge in [-0.15, -0.1) is 0 Å². The summed E-state index contributed by atoms with van der Waals surface area (Å²) >= 11 is 6.22. The monoisotopic (exact) mass is 452 g/mol. The van der Waals surface area contributed by atoms with Crippen LogP contribution in [-0.2, 0) is 0 Å². The summed E-state index contributed by atoms with van der Waals surface area (Å²) in [7, 11) is 0. The zero-order chi connectivity index (χ0) is 22.2. The lowest BCUT2D eigenvalue weighted by atomic mass is 10.1. The van der Waals surface area contributed by atoms with E-state index in [1.807, 2.05) is 19.1 Å². The second-order valence-electron chi connectivity index (χ2n) is 7.51. The molecular formula is C22H18ClFN6O2. The third-order valence-electron chi connectivity index (χ3n) is 5.57. The number of rotatable bonds is 4. The summed E-state index contributed by atoms with van der Waals surface area (Å²) in [6.07, 6.45) is 4.41. The van der Waals surface area contributed by atoms with E-state index in [-0.39, 0.29) is 11.5 Å². The SMILES string of the molecule is Cc1c(Cl)cccc1-c1noc(C2CCCN2C(=O)c2cc(F)ccc2-n2nccn2)n1. The van der Waals surface area contributed by atoms with Crippen molar-refractivity contribution in [1.29, 1.82) is 0 Å². The summed E-state index contributed by atoms with van der Waals surface area (Å²) < 4.78 is 19.6. The first kappa shape index (κ1) is 20.3. The van der Waals surface area contributed by atoms with Crippen molar-refractivity contribution in [3.63, 3.8) is 0 Å². The molecule has 1 saturated heterocycles. The van der Waals surface area contributed by atoms with Gasteiger partial charge in [-0.3, -0.25) is 4.79 Å². The molecule has 1 atom stereocenters. The fourth-order valence-electron chi connectivity index (χ4n) is 3.95. The van der Waals surface area contributed by atoms with Crippen molar-refractivity contribution in [1.82, 2.24) is 30.0 Å². The molecule has 1 aliphatic heterocycles. The number of halogens is 2. The maximum absolute atomic E-state index is 14.0. The van der Waals surface area contributed by atoms with Crippen molar-refractivity contribution in [2.45, 2.75) is 25.8 Å². The number of aromatic nitrogens is 5. The Hall–Kier alpha value is -3.59. The number of nitrogens with zero attached hydrogens (tertiary/aromatic N) is 6. The number of likely N-dealkylation sites (tertiary alicyclic amines) is 1. The predicted octanol–water partition coefficient (Wildman–Crippen LogP) is 4.40. The van der Waals surface area contributed by atoms with Crippen molar-refractivity contribution in [3.05, 3.63) is 76.6 Å². The molecular weight excluding hydrogens is 435 g/mol. The molecule has 1 unspecified atom stereocenters. The molecule has 0 radical (unpaired) electrons. The summed E-state index contributed by atoms with van der Waals surface area (Å²) in [6.45, 7) is 2.37. The van der Waals surface area contributed by atoms with E-state index in [9.17, 15) is 9.18 Å². The Morgan fingerprint density at radius 2 is 2.03 bits per heavy atom. The zero-order valence-corrected chi connectivity index (χ0v) is 17.8. The zero-order valence-electron chi connectivity index (χ0n) is 17.1. The van der Waals surface area contributed by atoms with E-state index in [1.165, 1.54) is 35.4 Å². The smallest absolute Gasteiger partial charge is 0.256 e. The lowest BCUT2D eigenvalue weighted by Gasteiger charge is -2.23. The minimum Gasteiger partial charge on any atom is -0.337 e. The normalized spacial score (nSPS) is 16.0. The average Bonchev–Trinajstić information content (AvgIpc) is 3.56. The Kier molecular flexibility index (Phi) is 5.18. The summed E-state index contributed by atoms with van der Waals surface area (Å²) in [5.74, 6) is -0.124. The molecule has 1 fully saturated rings. The highest BCUT2D eigenvalue weighted by Gasteiger charge is 2.36. The lowest BCUT2D eigenvalue weighted by molar-refractivity contribution is 0.0709. The van der Waals surface area contributed by atoms with Crippen molar-refractivity contribution < 1.29 is 13.7 Å². The molecule has 1 amide bonds. The number of carbonyl (C=O) groups excluding carboxylic acids is 1. The molecule has 2 aromatic carbocycles. The fraction of sp³-hybridized carbons (Fsp3) is 0.227. The van der Waals surface area contributed by atoms with Crippen molar-refractivity contribution in [2.75, 3.05) is 6.54 Å². The van der Waals surface area contributed by atoms with Crippen LogP contribution in [0.4, 0.5) is 4.39 Å². The van der Waals surface area contributed by atoms with Gasteiger partial charge < -0.3 is 9.42 Å². The van der Waals surface area contributed by atoms with Crippen molar-refractivity contribution in [2.24, 2.45) is 0 Å². The maximum atomic E-state index is 14.0. The lowest BCUT2D eigenvalue weighted by Crippen LogP contribution is -2.31. The van der Waals surface area contributed by atoms with Gasteiger partial charge in [0.2, 0.25) is 11.7 Å². The van der Waals surface area contributed by atoms with Gasteiger partial charge in [-0.05, 0) is 49.6 Å². The third-order valence-corrected chi connectivity index (χ3v) is 5.98. The number of benzene rings is 2. The average molecular weight is 453 g/mol. The van der Waals surface area contributed by atoms with Crippen LogP contribution in [0.1, 0.15) is 40.7 Å². The van der Waals surface area contributed by atoms with Crippen molar-refractivity contribution >= 4 is 17.5 Å². The van der Waals surface area contributed by atoms with Crippen LogP contribution in [-0.4, -0.2) is 42.5 Å². The van der Waals surface area contributed by atoms with E-state index in [1.54, 1.807) is 11.0 Å². The van der Waals surface area contributed by atoms with Gasteiger partial charge in [-0.2, -0.15) is 20.0 Å². The quantitative estimate of drug-likeness (QED) is 0.456. The Morgan fingerprint density at radius 1 is 1.22 bits per heavy atom. The molecule has 2 aromatic heterocycles. The largest absolute Gasteiger partial charge is 0.337 e. The van der Waals surface area contributed by atoms with Crippen LogP contribution in [0.5, 0.6) is 0 Å². The standard InChI is InChI=1S/C22H18ClFN6O2/c1-13-15(4-2-5-17(13)23)20-27-21(32-28-20)19-6-3-11-29(19)22(31)16-12-14(24)7-8-18(16)30-25-9-10-26-30/h2,4-5,7-10,12,19H,3,6,11H2,1H3. The van der Waals surface area contributed by atoms with E-state index in [0.29, 0.717) is 35.4 Å².